The lowest BCUT2D eigenvalue weighted by atomic mass is 10.5. The summed E-state index contributed by atoms with van der Waals surface area (Å²) in [7, 11) is 0. The Labute approximate surface area is 81.4 Å². The molecule has 1 aromatic heterocycles. The van der Waals surface area contributed by atoms with Gasteiger partial charge in [0, 0.05) is 18.3 Å². The predicted octanol–water partition coefficient (Wildman–Crippen LogP) is 1.37. The topological polar surface area (TPSA) is 42.7 Å². The van der Waals surface area contributed by atoms with Crippen LogP contribution in [0.25, 0.3) is 0 Å². The number of hydrogen-bond donors (Lipinski definition) is 1. The van der Waals surface area contributed by atoms with Gasteiger partial charge >= 0.3 is 0 Å². The molecule has 0 aromatic carbocycles. The van der Waals surface area contributed by atoms with Gasteiger partial charge in [0.25, 0.3) is 0 Å². The zero-order valence-electron chi connectivity index (χ0n) is 7.53. The highest BCUT2D eigenvalue weighted by Crippen LogP contribution is 2.31. The van der Waals surface area contributed by atoms with E-state index in [2.05, 4.69) is 33.6 Å². The minimum Gasteiger partial charge on any atom is -0.351 e. The van der Waals surface area contributed by atoms with Gasteiger partial charge in [-0.25, -0.2) is 0 Å². The highest BCUT2D eigenvalue weighted by molar-refractivity contribution is 7.99. The second kappa shape index (κ2) is 3.41. The molecular formula is C8H12N4S. The zero-order chi connectivity index (χ0) is 9.26. The third-order valence-electron chi connectivity index (χ3n) is 1.87. The van der Waals surface area contributed by atoms with Crippen molar-refractivity contribution < 1.29 is 0 Å². The quantitative estimate of drug-likeness (QED) is 0.741. The van der Waals surface area contributed by atoms with E-state index >= 15 is 0 Å². The maximum Gasteiger partial charge on any atom is 0.225 e. The molecule has 1 atom stereocenters. The number of nitrogens with zero attached hydrogens (tertiary/aromatic N) is 3. The molecule has 0 saturated carbocycles. The van der Waals surface area contributed by atoms with Gasteiger partial charge in [-0.05, 0) is 0 Å². The Hall–Kier alpha value is -0.970. The van der Waals surface area contributed by atoms with E-state index in [1.54, 1.807) is 11.8 Å². The first-order valence-electron chi connectivity index (χ1n) is 4.26. The summed E-state index contributed by atoms with van der Waals surface area (Å²) in [5.41, 5.74) is 0. The van der Waals surface area contributed by atoms with Crippen molar-refractivity contribution in [2.24, 2.45) is 0 Å². The average molecular weight is 196 g/mol. The van der Waals surface area contributed by atoms with Crippen molar-refractivity contribution in [3.63, 3.8) is 0 Å². The summed E-state index contributed by atoms with van der Waals surface area (Å²) in [6.07, 6.45) is 1.81. The van der Waals surface area contributed by atoms with Crippen molar-refractivity contribution >= 4 is 17.7 Å². The first-order valence-corrected chi connectivity index (χ1v) is 5.14. The molecule has 4 nitrogen and oxygen atoms in total. The van der Waals surface area contributed by atoms with Crippen molar-refractivity contribution in [2.45, 2.75) is 23.9 Å². The summed E-state index contributed by atoms with van der Waals surface area (Å²) in [5.74, 6) is 0.853. The van der Waals surface area contributed by atoms with Crippen LogP contribution in [0.5, 0.6) is 0 Å². The molecule has 0 radical (unpaired) electrons. The van der Waals surface area contributed by atoms with Gasteiger partial charge < -0.3 is 5.32 Å². The van der Waals surface area contributed by atoms with Gasteiger partial charge in [0.05, 0.1) is 0 Å². The van der Waals surface area contributed by atoms with E-state index in [1.807, 2.05) is 6.08 Å². The number of rotatable bonds is 3. The molecule has 5 heteroatoms. The first-order chi connectivity index (χ1) is 6.31. The van der Waals surface area contributed by atoms with E-state index in [0.29, 0.717) is 5.25 Å². The number of aromatic nitrogens is 3. The van der Waals surface area contributed by atoms with Crippen molar-refractivity contribution in [2.75, 3.05) is 11.9 Å². The number of nitrogens with one attached hydrogen (secondary N) is 1. The van der Waals surface area contributed by atoms with Crippen molar-refractivity contribution in [1.82, 2.24) is 14.8 Å². The van der Waals surface area contributed by atoms with Gasteiger partial charge in [0.15, 0.2) is 5.16 Å². The minimum atomic E-state index is 0.606. The molecular weight excluding hydrogens is 184 g/mol. The number of hydrogen-bond acceptors (Lipinski definition) is 4. The van der Waals surface area contributed by atoms with E-state index in [1.165, 1.54) is 0 Å². The lowest BCUT2D eigenvalue weighted by Crippen LogP contribution is -2.08. The smallest absolute Gasteiger partial charge is 0.225 e. The van der Waals surface area contributed by atoms with Crippen LogP contribution in [0, 0.1) is 0 Å². The predicted molar refractivity (Wildman–Crippen MR) is 54.0 cm³/mol. The van der Waals surface area contributed by atoms with Crippen LogP contribution in [0.3, 0.4) is 0 Å². The molecule has 1 aromatic rings. The molecule has 1 aliphatic heterocycles. The molecule has 1 N–H and O–H groups in total. The van der Waals surface area contributed by atoms with Gasteiger partial charge in [-0.15, -0.1) is 16.8 Å². The van der Waals surface area contributed by atoms with Gasteiger partial charge in [0.1, 0.15) is 0 Å². The largest absolute Gasteiger partial charge is 0.351 e. The molecule has 2 heterocycles. The molecule has 0 bridgehead atoms. The van der Waals surface area contributed by atoms with Crippen LogP contribution in [0.1, 0.15) is 6.92 Å². The molecule has 0 saturated heterocycles. The second-order valence-electron chi connectivity index (χ2n) is 3.01. The normalized spacial score (nSPS) is 19.9. The first kappa shape index (κ1) is 8.62. The fourth-order valence-corrected chi connectivity index (χ4v) is 2.27. The summed E-state index contributed by atoms with van der Waals surface area (Å²) >= 11 is 1.77. The van der Waals surface area contributed by atoms with Crippen LogP contribution in [0.15, 0.2) is 17.8 Å². The Bertz CT molecular complexity index is 320. The van der Waals surface area contributed by atoms with Crippen LogP contribution in [-0.2, 0) is 6.54 Å². The van der Waals surface area contributed by atoms with Gasteiger partial charge in [-0.3, -0.25) is 4.57 Å². The highest BCUT2D eigenvalue weighted by Gasteiger charge is 2.23. The summed E-state index contributed by atoms with van der Waals surface area (Å²) in [4.78, 5) is 0. The summed E-state index contributed by atoms with van der Waals surface area (Å²) in [6, 6.07) is 0. The summed E-state index contributed by atoms with van der Waals surface area (Å²) in [5, 5.41) is 12.9. The monoisotopic (exact) mass is 196 g/mol. The van der Waals surface area contributed by atoms with E-state index < -0.39 is 0 Å². The molecule has 1 aliphatic rings. The Kier molecular flexibility index (Phi) is 2.26. The minimum absolute atomic E-state index is 0.606. The molecule has 1 unspecified atom stereocenters. The number of thioether (sulfide) groups is 1. The molecule has 2 rings (SSSR count). The van der Waals surface area contributed by atoms with Gasteiger partial charge in [0.2, 0.25) is 5.95 Å². The van der Waals surface area contributed by atoms with E-state index in [4.69, 9.17) is 0 Å². The maximum atomic E-state index is 4.08. The van der Waals surface area contributed by atoms with E-state index in [0.717, 1.165) is 24.2 Å². The second-order valence-corrected chi connectivity index (χ2v) is 4.42. The highest BCUT2D eigenvalue weighted by atomic mass is 32.2. The number of fused-ring (bicyclic) bond motifs is 1. The van der Waals surface area contributed by atoms with Crippen molar-refractivity contribution in [3.8, 4) is 0 Å². The van der Waals surface area contributed by atoms with Crippen LogP contribution >= 0.6 is 11.8 Å². The van der Waals surface area contributed by atoms with Crippen LogP contribution in [-0.4, -0.2) is 26.6 Å². The summed E-state index contributed by atoms with van der Waals surface area (Å²) in [6.45, 7) is 7.56. The molecule has 0 aliphatic carbocycles. The Balaban J connectivity index is 2.15. The lowest BCUT2D eigenvalue weighted by Gasteiger charge is -2.03. The average Bonchev–Trinajstić information content (AvgIpc) is 2.61. The lowest BCUT2D eigenvalue weighted by molar-refractivity contribution is 0.673. The van der Waals surface area contributed by atoms with Gasteiger partial charge in [-0.2, -0.15) is 0 Å². The van der Waals surface area contributed by atoms with Crippen molar-refractivity contribution in [3.05, 3.63) is 12.7 Å². The molecule has 0 spiro atoms. The van der Waals surface area contributed by atoms with Crippen LogP contribution in [0.4, 0.5) is 5.95 Å². The van der Waals surface area contributed by atoms with Gasteiger partial charge in [-0.1, -0.05) is 24.8 Å². The Morgan fingerprint density at radius 1 is 1.77 bits per heavy atom. The van der Waals surface area contributed by atoms with Crippen LogP contribution < -0.4 is 5.32 Å². The summed E-state index contributed by atoms with van der Waals surface area (Å²) < 4.78 is 2.11. The fourth-order valence-electron chi connectivity index (χ4n) is 1.31. The molecule has 0 amide bonds. The maximum absolute atomic E-state index is 4.08. The third-order valence-corrected chi connectivity index (χ3v) is 2.93. The molecule has 0 fully saturated rings. The standard InChI is InChI=1S/C8H12N4S/c1-3-4-9-7-10-11-8-12(7)5-6(2)13-8/h3,6H,1,4-5H2,2H3,(H,9,10). The van der Waals surface area contributed by atoms with E-state index in [9.17, 15) is 0 Å². The van der Waals surface area contributed by atoms with Crippen LogP contribution in [0.2, 0.25) is 0 Å². The zero-order valence-corrected chi connectivity index (χ0v) is 8.34. The fraction of sp³-hybridized carbons (Fsp3) is 0.500. The number of anilines is 1. The SMILES string of the molecule is C=CCNc1nnc2n1CC(C)S2. The Morgan fingerprint density at radius 2 is 2.62 bits per heavy atom. The van der Waals surface area contributed by atoms with Crippen molar-refractivity contribution in [1.29, 1.82) is 0 Å². The third kappa shape index (κ3) is 1.56. The Morgan fingerprint density at radius 3 is 3.38 bits per heavy atom. The molecule has 70 valence electrons. The van der Waals surface area contributed by atoms with E-state index in [-0.39, 0.29) is 0 Å². The molecule has 13 heavy (non-hydrogen) atoms.